The van der Waals surface area contributed by atoms with Crippen molar-refractivity contribution in [3.8, 4) is 0 Å². The van der Waals surface area contributed by atoms with E-state index < -0.39 is 17.1 Å². The molecule has 1 aliphatic heterocycles. The number of nitrogens with zero attached hydrogens (tertiary/aromatic N) is 1. The lowest BCUT2D eigenvalue weighted by Crippen LogP contribution is -2.34. The van der Waals surface area contributed by atoms with Gasteiger partial charge in [-0.1, -0.05) is 37.3 Å². The molecule has 2 aromatic rings. The van der Waals surface area contributed by atoms with Crippen LogP contribution in [0.5, 0.6) is 0 Å². The molecule has 1 aliphatic rings. The van der Waals surface area contributed by atoms with Gasteiger partial charge in [0.1, 0.15) is 5.37 Å². The first-order chi connectivity index (χ1) is 12.4. The number of hydrogen-bond donors (Lipinski definition) is 1. The standard InChI is InChI=1S/C19H19F3N2OS/c1-2-13-6-3-4-9-16(13)23-18(25)24-10-11-26-17(24)14-7-5-8-15(12-14)19(20,21)22/h3-9,12,17H,2,10-11H2,1H3,(H,23,25). The Morgan fingerprint density at radius 3 is 2.73 bits per heavy atom. The molecular formula is C19H19F3N2OS. The van der Waals surface area contributed by atoms with Crippen molar-refractivity contribution in [1.29, 1.82) is 0 Å². The number of carbonyl (C=O) groups is 1. The van der Waals surface area contributed by atoms with Gasteiger partial charge in [-0.05, 0) is 35.7 Å². The minimum Gasteiger partial charge on any atom is -0.308 e. The molecule has 0 spiro atoms. The zero-order chi connectivity index (χ0) is 18.7. The zero-order valence-corrected chi connectivity index (χ0v) is 15.0. The average molecular weight is 380 g/mol. The lowest BCUT2D eigenvalue weighted by molar-refractivity contribution is -0.137. The molecule has 7 heteroatoms. The summed E-state index contributed by atoms with van der Waals surface area (Å²) >= 11 is 1.47. The van der Waals surface area contributed by atoms with Crippen molar-refractivity contribution < 1.29 is 18.0 Å². The average Bonchev–Trinajstić information content (AvgIpc) is 3.11. The Labute approximate surface area is 154 Å². The van der Waals surface area contributed by atoms with E-state index in [1.807, 2.05) is 31.2 Å². The fourth-order valence-corrected chi connectivity index (χ4v) is 4.21. The fourth-order valence-electron chi connectivity index (χ4n) is 2.96. The Balaban J connectivity index is 1.81. The predicted octanol–water partition coefficient (Wildman–Crippen LogP) is 5.55. The first kappa shape index (κ1) is 18.6. The van der Waals surface area contributed by atoms with E-state index in [2.05, 4.69) is 5.32 Å². The highest BCUT2D eigenvalue weighted by molar-refractivity contribution is 7.99. The zero-order valence-electron chi connectivity index (χ0n) is 14.2. The topological polar surface area (TPSA) is 32.3 Å². The van der Waals surface area contributed by atoms with Gasteiger partial charge in [0.05, 0.1) is 5.56 Å². The number of benzene rings is 2. The second kappa shape index (κ2) is 7.61. The quantitative estimate of drug-likeness (QED) is 0.757. The smallest absolute Gasteiger partial charge is 0.308 e. The molecule has 2 aromatic carbocycles. The van der Waals surface area contributed by atoms with Crippen molar-refractivity contribution >= 4 is 23.5 Å². The maximum Gasteiger partial charge on any atom is 0.416 e. The number of rotatable bonds is 3. The molecule has 0 saturated carbocycles. The van der Waals surface area contributed by atoms with Crippen molar-refractivity contribution in [2.24, 2.45) is 0 Å². The Morgan fingerprint density at radius 1 is 1.23 bits per heavy atom. The summed E-state index contributed by atoms with van der Waals surface area (Å²) in [5, 5.41) is 2.47. The maximum atomic E-state index is 13.0. The Kier molecular flexibility index (Phi) is 5.46. The highest BCUT2D eigenvalue weighted by atomic mass is 32.2. The van der Waals surface area contributed by atoms with Gasteiger partial charge in [-0.15, -0.1) is 11.8 Å². The third kappa shape index (κ3) is 3.98. The van der Waals surface area contributed by atoms with Crippen molar-refractivity contribution in [3.05, 3.63) is 65.2 Å². The van der Waals surface area contributed by atoms with Crippen molar-refractivity contribution in [2.45, 2.75) is 24.9 Å². The lowest BCUT2D eigenvalue weighted by Gasteiger charge is -2.25. The monoisotopic (exact) mass is 380 g/mol. The molecule has 0 aliphatic carbocycles. The normalized spacial score (nSPS) is 17.4. The molecule has 138 valence electrons. The number of hydrogen-bond acceptors (Lipinski definition) is 2. The van der Waals surface area contributed by atoms with E-state index in [9.17, 15) is 18.0 Å². The summed E-state index contributed by atoms with van der Waals surface area (Å²) in [6, 6.07) is 12.4. The van der Waals surface area contributed by atoms with E-state index in [4.69, 9.17) is 0 Å². The minimum atomic E-state index is -4.40. The Morgan fingerprint density at radius 2 is 2.00 bits per heavy atom. The van der Waals surface area contributed by atoms with Gasteiger partial charge in [0.2, 0.25) is 0 Å². The van der Waals surface area contributed by atoms with Crippen LogP contribution in [0.2, 0.25) is 0 Å². The third-order valence-corrected chi connectivity index (χ3v) is 5.55. The number of amides is 2. The van der Waals surface area contributed by atoms with Gasteiger partial charge in [-0.2, -0.15) is 13.2 Å². The van der Waals surface area contributed by atoms with Crippen LogP contribution < -0.4 is 5.32 Å². The highest BCUT2D eigenvalue weighted by Gasteiger charge is 2.34. The van der Waals surface area contributed by atoms with E-state index in [0.29, 0.717) is 17.9 Å². The van der Waals surface area contributed by atoms with Gasteiger partial charge >= 0.3 is 12.2 Å². The number of alkyl halides is 3. The number of aryl methyl sites for hydroxylation is 1. The number of nitrogens with one attached hydrogen (secondary N) is 1. The second-order valence-electron chi connectivity index (χ2n) is 5.98. The summed E-state index contributed by atoms with van der Waals surface area (Å²) in [5.41, 5.74) is 1.54. The van der Waals surface area contributed by atoms with Crippen LogP contribution in [-0.2, 0) is 12.6 Å². The van der Waals surface area contributed by atoms with Crippen LogP contribution in [0.3, 0.4) is 0 Å². The predicted molar refractivity (Wildman–Crippen MR) is 98.2 cm³/mol. The van der Waals surface area contributed by atoms with E-state index in [-0.39, 0.29) is 6.03 Å². The molecular weight excluding hydrogens is 361 g/mol. The molecule has 1 heterocycles. The van der Waals surface area contributed by atoms with E-state index in [1.54, 1.807) is 11.0 Å². The molecule has 26 heavy (non-hydrogen) atoms. The van der Waals surface area contributed by atoms with Crippen LogP contribution in [0.15, 0.2) is 48.5 Å². The molecule has 2 amide bonds. The molecule has 1 saturated heterocycles. The molecule has 0 aromatic heterocycles. The van der Waals surface area contributed by atoms with Gasteiger partial charge in [-0.3, -0.25) is 0 Å². The van der Waals surface area contributed by atoms with Crippen LogP contribution in [-0.4, -0.2) is 23.2 Å². The number of carbonyl (C=O) groups excluding carboxylic acids is 1. The number of para-hydroxylation sites is 1. The molecule has 0 radical (unpaired) electrons. The van der Waals surface area contributed by atoms with Gasteiger partial charge in [0, 0.05) is 18.0 Å². The highest BCUT2D eigenvalue weighted by Crippen LogP contribution is 2.40. The summed E-state index contributed by atoms with van der Waals surface area (Å²) in [6.45, 7) is 2.49. The largest absolute Gasteiger partial charge is 0.416 e. The van der Waals surface area contributed by atoms with E-state index in [0.717, 1.165) is 29.8 Å². The Hall–Kier alpha value is -2.15. The molecule has 1 atom stereocenters. The van der Waals surface area contributed by atoms with E-state index in [1.165, 1.54) is 17.8 Å². The van der Waals surface area contributed by atoms with Crippen LogP contribution in [0.25, 0.3) is 0 Å². The van der Waals surface area contributed by atoms with Crippen LogP contribution in [0.4, 0.5) is 23.7 Å². The number of urea groups is 1. The SMILES string of the molecule is CCc1ccccc1NC(=O)N1CCSC1c1cccc(C(F)(F)F)c1. The van der Waals surface area contributed by atoms with Crippen LogP contribution in [0.1, 0.15) is 29.0 Å². The molecule has 1 unspecified atom stereocenters. The van der Waals surface area contributed by atoms with Crippen LogP contribution in [0, 0.1) is 0 Å². The summed E-state index contributed by atoms with van der Waals surface area (Å²) in [7, 11) is 0. The molecule has 3 rings (SSSR count). The Bertz CT molecular complexity index is 794. The second-order valence-corrected chi connectivity index (χ2v) is 7.17. The maximum absolute atomic E-state index is 13.0. The fraction of sp³-hybridized carbons (Fsp3) is 0.316. The van der Waals surface area contributed by atoms with Gasteiger partial charge in [0.25, 0.3) is 0 Å². The summed E-state index contributed by atoms with van der Waals surface area (Å²) in [6.07, 6.45) is -3.62. The summed E-state index contributed by atoms with van der Waals surface area (Å²) in [4.78, 5) is 14.3. The molecule has 1 fully saturated rings. The number of halogens is 3. The lowest BCUT2D eigenvalue weighted by atomic mass is 10.1. The summed E-state index contributed by atoms with van der Waals surface area (Å²) < 4.78 is 38.9. The van der Waals surface area contributed by atoms with E-state index >= 15 is 0 Å². The third-order valence-electron chi connectivity index (χ3n) is 4.29. The van der Waals surface area contributed by atoms with Gasteiger partial charge in [0.15, 0.2) is 0 Å². The first-order valence-electron chi connectivity index (χ1n) is 8.34. The first-order valence-corrected chi connectivity index (χ1v) is 9.39. The van der Waals surface area contributed by atoms with Crippen molar-refractivity contribution in [3.63, 3.8) is 0 Å². The minimum absolute atomic E-state index is 0.293. The van der Waals surface area contributed by atoms with Crippen molar-refractivity contribution in [1.82, 2.24) is 4.90 Å². The van der Waals surface area contributed by atoms with Gasteiger partial charge < -0.3 is 10.2 Å². The molecule has 0 bridgehead atoms. The van der Waals surface area contributed by atoms with Crippen LogP contribution >= 0.6 is 11.8 Å². The molecule has 1 N–H and O–H groups in total. The number of anilines is 1. The van der Waals surface area contributed by atoms with Crippen molar-refractivity contribution in [2.75, 3.05) is 17.6 Å². The molecule has 3 nitrogen and oxygen atoms in total. The summed E-state index contributed by atoms with van der Waals surface area (Å²) in [5.74, 6) is 0.684. The number of thioether (sulfide) groups is 1. The van der Waals surface area contributed by atoms with Gasteiger partial charge in [-0.25, -0.2) is 4.79 Å².